The van der Waals surface area contributed by atoms with E-state index in [1.54, 1.807) is 30.9 Å². The summed E-state index contributed by atoms with van der Waals surface area (Å²) in [6.07, 6.45) is 0.505. The molecule has 2 atom stereocenters. The van der Waals surface area contributed by atoms with Crippen LogP contribution in [-0.4, -0.2) is 80.0 Å². The Morgan fingerprint density at radius 3 is 2.20 bits per heavy atom. The normalized spacial score (nSPS) is 22.1. The van der Waals surface area contributed by atoms with Crippen molar-refractivity contribution in [1.82, 2.24) is 9.80 Å². The summed E-state index contributed by atoms with van der Waals surface area (Å²) in [7, 11) is 3.16. The smallest absolute Gasteiger partial charge is 0.320 e. The molecule has 1 aliphatic rings. The number of carbonyl (C=O) groups excluding carboxylic acids is 1. The Kier molecular flexibility index (Phi) is 6.74. The average Bonchev–Trinajstić information content (AvgIpc) is 2.80. The summed E-state index contributed by atoms with van der Waals surface area (Å²) in [5.74, 6) is -1.32. The van der Waals surface area contributed by atoms with Crippen LogP contribution in [0, 0.1) is 5.92 Å². The maximum Gasteiger partial charge on any atom is 0.320 e. The fraction of sp³-hybridized carbons (Fsp3) is 0.846. The molecular formula is C13H24N2O5. The van der Waals surface area contributed by atoms with Gasteiger partial charge in [-0.2, -0.15) is 0 Å². The Bertz CT molecular complexity index is 329. The van der Waals surface area contributed by atoms with Crippen molar-refractivity contribution >= 4 is 12.0 Å². The standard InChI is InChI=1S/C13H24N2O5/c1-10-11(12(16)17)4-5-15(10)13(18)14(6-8-19-2)7-9-20-3/h10-11H,4-9H2,1-3H3,(H,16,17). The van der Waals surface area contributed by atoms with Gasteiger partial charge in [0.05, 0.1) is 19.1 Å². The van der Waals surface area contributed by atoms with E-state index in [1.165, 1.54) is 0 Å². The molecule has 1 aliphatic heterocycles. The topological polar surface area (TPSA) is 79.3 Å². The Morgan fingerprint density at radius 2 is 1.80 bits per heavy atom. The molecule has 2 amide bonds. The molecule has 0 saturated carbocycles. The highest BCUT2D eigenvalue weighted by molar-refractivity contribution is 5.78. The zero-order chi connectivity index (χ0) is 15.1. The molecule has 1 rings (SSSR count). The van der Waals surface area contributed by atoms with Crippen molar-refractivity contribution in [2.45, 2.75) is 19.4 Å². The van der Waals surface area contributed by atoms with E-state index >= 15 is 0 Å². The number of carboxylic acids is 1. The van der Waals surface area contributed by atoms with Crippen molar-refractivity contribution in [2.24, 2.45) is 5.92 Å². The van der Waals surface area contributed by atoms with Crippen molar-refractivity contribution in [1.29, 1.82) is 0 Å². The monoisotopic (exact) mass is 288 g/mol. The van der Waals surface area contributed by atoms with Gasteiger partial charge in [-0.05, 0) is 13.3 Å². The lowest BCUT2D eigenvalue weighted by atomic mass is 10.0. The van der Waals surface area contributed by atoms with Gasteiger partial charge in [0.2, 0.25) is 0 Å². The van der Waals surface area contributed by atoms with Gasteiger partial charge < -0.3 is 24.4 Å². The second kappa shape index (κ2) is 8.06. The van der Waals surface area contributed by atoms with Gasteiger partial charge in [0, 0.05) is 39.9 Å². The van der Waals surface area contributed by atoms with Crippen molar-refractivity contribution < 1.29 is 24.2 Å². The van der Waals surface area contributed by atoms with Crippen LogP contribution in [0.1, 0.15) is 13.3 Å². The number of amides is 2. The van der Waals surface area contributed by atoms with Gasteiger partial charge in [-0.15, -0.1) is 0 Å². The molecule has 0 aromatic rings. The van der Waals surface area contributed by atoms with Gasteiger partial charge in [-0.25, -0.2) is 4.79 Å². The highest BCUT2D eigenvalue weighted by Gasteiger charge is 2.39. The molecule has 0 spiro atoms. The van der Waals surface area contributed by atoms with Crippen LogP contribution in [0.3, 0.4) is 0 Å². The Balaban J connectivity index is 2.66. The molecule has 1 N–H and O–H groups in total. The summed E-state index contributed by atoms with van der Waals surface area (Å²) in [6.45, 7) is 4.10. The van der Waals surface area contributed by atoms with E-state index < -0.39 is 11.9 Å². The first kappa shape index (κ1) is 16.7. The van der Waals surface area contributed by atoms with Crippen LogP contribution in [0.5, 0.6) is 0 Å². The van der Waals surface area contributed by atoms with Gasteiger partial charge in [-0.3, -0.25) is 4.79 Å². The van der Waals surface area contributed by atoms with E-state index in [9.17, 15) is 9.59 Å². The molecule has 7 heteroatoms. The Hall–Kier alpha value is -1.34. The molecule has 0 aliphatic carbocycles. The zero-order valence-electron chi connectivity index (χ0n) is 12.4. The molecule has 20 heavy (non-hydrogen) atoms. The molecule has 7 nitrogen and oxygen atoms in total. The van der Waals surface area contributed by atoms with Gasteiger partial charge in [-0.1, -0.05) is 0 Å². The van der Waals surface area contributed by atoms with Crippen LogP contribution in [0.4, 0.5) is 4.79 Å². The zero-order valence-corrected chi connectivity index (χ0v) is 12.4. The lowest BCUT2D eigenvalue weighted by Crippen LogP contribution is -2.48. The van der Waals surface area contributed by atoms with Crippen LogP contribution in [0.15, 0.2) is 0 Å². The number of rotatable bonds is 7. The first-order chi connectivity index (χ1) is 9.52. The van der Waals surface area contributed by atoms with Gasteiger partial charge in [0.25, 0.3) is 0 Å². The average molecular weight is 288 g/mol. The van der Waals surface area contributed by atoms with E-state index in [4.69, 9.17) is 14.6 Å². The Labute approximate surface area is 119 Å². The maximum atomic E-state index is 12.5. The number of nitrogens with zero attached hydrogens (tertiary/aromatic N) is 2. The van der Waals surface area contributed by atoms with Crippen molar-refractivity contribution in [3.05, 3.63) is 0 Å². The Morgan fingerprint density at radius 1 is 1.25 bits per heavy atom. The molecule has 0 aromatic carbocycles. The summed E-state index contributed by atoms with van der Waals surface area (Å²) in [4.78, 5) is 26.9. The van der Waals surface area contributed by atoms with Crippen LogP contribution < -0.4 is 0 Å². The highest BCUT2D eigenvalue weighted by atomic mass is 16.5. The van der Waals surface area contributed by atoms with Gasteiger partial charge in [0.15, 0.2) is 0 Å². The van der Waals surface area contributed by atoms with Crippen LogP contribution in [-0.2, 0) is 14.3 Å². The van der Waals surface area contributed by atoms with Crippen molar-refractivity contribution in [3.8, 4) is 0 Å². The van der Waals surface area contributed by atoms with E-state index in [-0.39, 0.29) is 12.1 Å². The second-order valence-corrected chi connectivity index (χ2v) is 4.92. The van der Waals surface area contributed by atoms with Gasteiger partial charge >= 0.3 is 12.0 Å². The number of likely N-dealkylation sites (tertiary alicyclic amines) is 1. The number of methoxy groups -OCH3 is 2. The number of urea groups is 1. The minimum absolute atomic E-state index is 0.143. The van der Waals surface area contributed by atoms with Crippen LogP contribution in [0.25, 0.3) is 0 Å². The minimum atomic E-state index is -0.840. The molecule has 0 radical (unpaired) electrons. The molecule has 0 bridgehead atoms. The SMILES string of the molecule is COCCN(CCOC)C(=O)N1CCC(C(=O)O)C1C. The maximum absolute atomic E-state index is 12.5. The molecule has 0 aromatic heterocycles. The number of hydrogen-bond donors (Lipinski definition) is 1. The van der Waals surface area contributed by atoms with E-state index in [0.717, 1.165) is 0 Å². The first-order valence-corrected chi connectivity index (χ1v) is 6.79. The summed E-state index contributed by atoms with van der Waals surface area (Å²) in [6, 6.07) is -0.428. The third-order valence-electron chi connectivity index (χ3n) is 3.72. The second-order valence-electron chi connectivity index (χ2n) is 4.92. The summed E-state index contributed by atoms with van der Waals surface area (Å²) < 4.78 is 10.0. The van der Waals surface area contributed by atoms with E-state index in [2.05, 4.69) is 0 Å². The summed E-state index contributed by atoms with van der Waals surface area (Å²) in [5.41, 5.74) is 0. The predicted molar refractivity (Wildman–Crippen MR) is 72.6 cm³/mol. The fourth-order valence-electron chi connectivity index (χ4n) is 2.43. The third-order valence-corrected chi connectivity index (χ3v) is 3.72. The molecule has 1 heterocycles. The number of carbonyl (C=O) groups is 2. The van der Waals surface area contributed by atoms with E-state index in [0.29, 0.717) is 39.3 Å². The highest BCUT2D eigenvalue weighted by Crippen LogP contribution is 2.25. The lowest BCUT2D eigenvalue weighted by molar-refractivity contribution is -0.142. The fourth-order valence-corrected chi connectivity index (χ4v) is 2.43. The van der Waals surface area contributed by atoms with Crippen LogP contribution >= 0.6 is 0 Å². The molecule has 1 fully saturated rings. The summed E-state index contributed by atoms with van der Waals surface area (Å²) in [5, 5.41) is 9.11. The predicted octanol–water partition coefficient (Wildman–Crippen LogP) is 0.496. The molecule has 2 unspecified atom stereocenters. The minimum Gasteiger partial charge on any atom is -0.481 e. The largest absolute Gasteiger partial charge is 0.481 e. The molecule has 116 valence electrons. The van der Waals surface area contributed by atoms with Crippen LogP contribution in [0.2, 0.25) is 0 Å². The van der Waals surface area contributed by atoms with E-state index in [1.807, 2.05) is 0 Å². The molecular weight excluding hydrogens is 264 g/mol. The number of aliphatic carboxylic acids is 1. The third kappa shape index (κ3) is 4.08. The lowest BCUT2D eigenvalue weighted by Gasteiger charge is -2.31. The molecule has 1 saturated heterocycles. The number of ether oxygens (including phenoxy) is 2. The summed E-state index contributed by atoms with van der Waals surface area (Å²) >= 11 is 0. The van der Waals surface area contributed by atoms with Crippen molar-refractivity contribution in [3.63, 3.8) is 0 Å². The van der Waals surface area contributed by atoms with Gasteiger partial charge in [0.1, 0.15) is 0 Å². The number of hydrogen-bond acceptors (Lipinski definition) is 4. The quantitative estimate of drug-likeness (QED) is 0.738. The van der Waals surface area contributed by atoms with Crippen molar-refractivity contribution in [2.75, 3.05) is 47.1 Å². The number of carboxylic acid groups (broad SMARTS) is 1. The first-order valence-electron chi connectivity index (χ1n) is 6.79.